The van der Waals surface area contributed by atoms with Crippen LogP contribution in [0, 0.1) is 29.6 Å². The first-order valence-corrected chi connectivity index (χ1v) is 36.3. The molecule has 0 unspecified atom stereocenters. The van der Waals surface area contributed by atoms with Crippen LogP contribution in [0.2, 0.25) is 0 Å². The van der Waals surface area contributed by atoms with Gasteiger partial charge < -0.3 is 88.1 Å². The fraction of sp³-hybridized carbons (Fsp3) is 0.569. The van der Waals surface area contributed by atoms with Crippen LogP contribution in [0.15, 0.2) is 84.0 Å². The van der Waals surface area contributed by atoms with Crippen LogP contribution in [0.3, 0.4) is 0 Å². The molecule has 0 spiro atoms. The number of urea groups is 1. The van der Waals surface area contributed by atoms with Gasteiger partial charge in [-0.3, -0.25) is 48.1 Å². The number of nitrogens with one attached hydrogen (secondary N) is 9. The summed E-state index contributed by atoms with van der Waals surface area (Å²) in [7, 11) is 4.54. The Morgan fingerprint density at radius 1 is 0.740 bits per heavy atom. The van der Waals surface area contributed by atoms with Crippen molar-refractivity contribution in [1.29, 1.82) is 0 Å². The minimum atomic E-state index is -1.14. The third kappa shape index (κ3) is 33.2. The van der Waals surface area contributed by atoms with Gasteiger partial charge in [0.2, 0.25) is 53.2 Å². The van der Waals surface area contributed by atoms with E-state index in [0.29, 0.717) is 79.4 Å². The van der Waals surface area contributed by atoms with Crippen molar-refractivity contribution in [3.05, 3.63) is 95.6 Å². The first-order chi connectivity index (χ1) is 49.8. The maximum Gasteiger partial charge on any atom is 0.410 e. The lowest BCUT2D eigenvalue weighted by Gasteiger charge is -2.38. The number of amides is 12. The number of anilines is 1. The lowest BCUT2D eigenvalue weighted by Crippen LogP contribution is -2.55. The Balaban J connectivity index is 1.15. The second-order valence-corrected chi connectivity index (χ2v) is 26.3. The van der Waals surface area contributed by atoms with Gasteiger partial charge in [0.1, 0.15) is 31.9 Å². The molecule has 13 N–H and O–H groups in total. The fourth-order valence-electron chi connectivity index (χ4n) is 11.3. The summed E-state index contributed by atoms with van der Waals surface area (Å²) in [5, 5.41) is 24.9. The molecule has 2 aromatic carbocycles. The number of nitrogens with two attached hydrogens (primary N) is 2. The monoisotopic (exact) mass is 1470 g/mol. The molecule has 4 rings (SSSR count). The van der Waals surface area contributed by atoms with Gasteiger partial charge in [0.25, 0.3) is 0 Å². The number of aromatic nitrogens is 2. The Morgan fingerprint density at radius 3 is 2.11 bits per heavy atom. The van der Waals surface area contributed by atoms with Crippen molar-refractivity contribution < 1.29 is 71.7 Å². The van der Waals surface area contributed by atoms with Crippen molar-refractivity contribution in [2.45, 2.75) is 147 Å². The largest absolute Gasteiger partial charge is 0.445 e. The zero-order chi connectivity index (χ0) is 76.3. The third-order valence-corrected chi connectivity index (χ3v) is 17.7. The first-order valence-electron chi connectivity index (χ1n) is 35.1. The number of likely N-dealkylation sites (tertiary alicyclic amines) is 1. The number of carbonyl (C=O) groups excluding carboxylic acids is 11. The number of primary amides is 1. The molecule has 0 bridgehead atoms. The molecule has 3 aromatic rings. The highest BCUT2D eigenvalue weighted by molar-refractivity contribution is 7.98. The zero-order valence-electron chi connectivity index (χ0n) is 61.4. The molecule has 572 valence electrons. The minimum Gasteiger partial charge on any atom is -0.445 e. The standard InChI is InChI=1S/C72H108N16O15S/c1-10-49(4)66(58(100-8)38-63(93)88-34-18-22-56(88)37-50(5)67(95)77-31-29-51-19-13-11-14-20-51)86(6)64(94)44-81-69(97)65(48(2)3)87(7)72(99)103-45-52-25-27-55(28-26-52)84-68(96)57(23-17-30-78-70(74)98)85-60(90)43-80-62(92)47-102-46-61(91)76-33-36-101-35-32-75-41-54(73)42-79-59(89)24-16-12-15-21-53-39-82-71(104-9)83-40-53/h11,13-14,19-20,25-28,39-41,48-50,56-58,65-66,75H,10,12,16-18,22-24,29-38,42-47,73H2,1-9H3,(H,76,91)(H,77,95)(H,79,89)(H,80,92)(H,81,97)(H,84,96)(H,85,90)(H3,74,78,98)/b54-41-/t49-,50+,56-,57-,58+,65-,66-/m0/s1. The number of rotatable bonds is 46. The van der Waals surface area contributed by atoms with Crippen molar-refractivity contribution in [3.63, 3.8) is 0 Å². The van der Waals surface area contributed by atoms with Gasteiger partial charge in [-0.15, -0.1) is 0 Å². The molecule has 31 nitrogen and oxygen atoms in total. The number of unbranched alkanes of at least 4 members (excludes halogenated alkanes) is 1. The Morgan fingerprint density at radius 2 is 1.43 bits per heavy atom. The summed E-state index contributed by atoms with van der Waals surface area (Å²) in [6.07, 6.45) is 10.4. The van der Waals surface area contributed by atoms with Gasteiger partial charge in [0, 0.05) is 109 Å². The zero-order valence-corrected chi connectivity index (χ0v) is 62.3. The molecule has 12 amide bonds. The molecule has 7 atom stereocenters. The van der Waals surface area contributed by atoms with Crippen molar-refractivity contribution >= 4 is 82.7 Å². The van der Waals surface area contributed by atoms with Gasteiger partial charge in [-0.25, -0.2) is 19.6 Å². The van der Waals surface area contributed by atoms with Crippen molar-refractivity contribution in [3.8, 4) is 11.8 Å². The van der Waals surface area contributed by atoms with E-state index in [9.17, 15) is 52.7 Å². The number of hydrogen-bond donors (Lipinski definition) is 11. The molecule has 0 radical (unpaired) electrons. The van der Waals surface area contributed by atoms with E-state index in [-0.39, 0.29) is 94.3 Å². The molecule has 1 aromatic heterocycles. The van der Waals surface area contributed by atoms with Crippen LogP contribution in [0.4, 0.5) is 15.3 Å². The van der Waals surface area contributed by atoms with Gasteiger partial charge in [-0.1, -0.05) is 107 Å². The fourth-order valence-corrected chi connectivity index (χ4v) is 11.6. The molecule has 104 heavy (non-hydrogen) atoms. The molecule has 0 saturated carbocycles. The van der Waals surface area contributed by atoms with Gasteiger partial charge in [-0.05, 0) is 86.3 Å². The van der Waals surface area contributed by atoms with E-state index in [0.717, 1.165) is 29.7 Å². The van der Waals surface area contributed by atoms with E-state index in [1.807, 2.05) is 62.3 Å². The highest BCUT2D eigenvalue weighted by Gasteiger charge is 2.39. The summed E-state index contributed by atoms with van der Waals surface area (Å²) >= 11 is 1.45. The number of methoxy groups -OCH3 is 1. The normalized spacial score (nSPS) is 14.3. The molecular formula is C72H108N16O15S. The van der Waals surface area contributed by atoms with E-state index in [1.165, 1.54) is 30.8 Å². The second-order valence-electron chi connectivity index (χ2n) is 25.5. The maximum atomic E-state index is 14.1. The van der Waals surface area contributed by atoms with Crippen LogP contribution in [0.5, 0.6) is 0 Å². The Hall–Kier alpha value is -9.58. The predicted octanol–water partition coefficient (Wildman–Crippen LogP) is 2.43. The smallest absolute Gasteiger partial charge is 0.410 e. The van der Waals surface area contributed by atoms with Crippen molar-refractivity contribution in [2.75, 3.05) is 112 Å². The van der Waals surface area contributed by atoms with E-state index in [1.54, 1.807) is 63.8 Å². The number of ether oxygens (including phenoxy) is 4. The van der Waals surface area contributed by atoms with Gasteiger partial charge in [0.15, 0.2) is 5.16 Å². The molecule has 1 aliphatic rings. The molecule has 1 aliphatic heterocycles. The molecule has 1 saturated heterocycles. The molecular weight excluding hydrogens is 1360 g/mol. The number of benzene rings is 2. The quantitative estimate of drug-likeness (QED) is 0.0167. The molecule has 1 fully saturated rings. The van der Waals surface area contributed by atoms with Crippen LogP contribution < -0.4 is 59.3 Å². The lowest BCUT2D eigenvalue weighted by atomic mass is 9.90. The Kier molecular flexibility index (Phi) is 40.4. The van der Waals surface area contributed by atoms with Crippen LogP contribution >= 0.6 is 11.8 Å². The van der Waals surface area contributed by atoms with Crippen LogP contribution in [-0.4, -0.2) is 226 Å². The molecule has 0 aliphatic carbocycles. The van der Waals surface area contributed by atoms with Crippen LogP contribution in [0.25, 0.3) is 0 Å². The number of nitrogens with zero attached hydrogens (tertiary/aromatic N) is 5. The minimum absolute atomic E-state index is 0.00377. The van der Waals surface area contributed by atoms with E-state index >= 15 is 0 Å². The summed E-state index contributed by atoms with van der Waals surface area (Å²) in [5.41, 5.74) is 14.3. The van der Waals surface area contributed by atoms with Crippen LogP contribution in [-0.2, 0) is 75.1 Å². The summed E-state index contributed by atoms with van der Waals surface area (Å²) in [4.78, 5) is 156. The summed E-state index contributed by atoms with van der Waals surface area (Å²) < 4.78 is 22.3. The summed E-state index contributed by atoms with van der Waals surface area (Å²) in [6.45, 7) is 9.50. The molecule has 2 heterocycles. The number of likely N-dealkylation sites (N-methyl/N-ethyl adjacent to an activating group) is 2. The topological polar surface area (TPSA) is 420 Å². The number of hydrogen-bond acceptors (Lipinski definition) is 20. The Labute approximate surface area is 614 Å². The summed E-state index contributed by atoms with van der Waals surface area (Å²) in [6, 6.07) is 12.6. The van der Waals surface area contributed by atoms with Gasteiger partial charge >= 0.3 is 12.1 Å². The lowest BCUT2D eigenvalue weighted by molar-refractivity contribution is -0.143. The highest BCUT2D eigenvalue weighted by Crippen LogP contribution is 2.28. The number of carbonyl (C=O) groups is 11. The predicted molar refractivity (Wildman–Crippen MR) is 392 cm³/mol. The molecule has 32 heteroatoms. The number of thioether (sulfide) groups is 1. The van der Waals surface area contributed by atoms with Gasteiger partial charge in [0.05, 0.1) is 57.0 Å². The third-order valence-electron chi connectivity index (χ3n) is 17.1. The van der Waals surface area contributed by atoms with Crippen molar-refractivity contribution in [1.82, 2.24) is 67.2 Å². The average molecular weight is 1470 g/mol. The first kappa shape index (κ1) is 86.8. The van der Waals surface area contributed by atoms with E-state index < -0.39 is 104 Å². The van der Waals surface area contributed by atoms with Gasteiger partial charge in [-0.2, -0.15) is 0 Å². The van der Waals surface area contributed by atoms with E-state index in [2.05, 4.69) is 69.7 Å². The second kappa shape index (κ2) is 48.4. The average Bonchev–Trinajstić information content (AvgIpc) is 1.32. The highest BCUT2D eigenvalue weighted by atomic mass is 32.2. The van der Waals surface area contributed by atoms with Crippen molar-refractivity contribution in [2.24, 2.45) is 29.2 Å². The summed E-state index contributed by atoms with van der Waals surface area (Å²) in [5.74, 6) is 1.21. The SMILES string of the molecule is CC[C@H](C)[C@@H]([C@@H](CC(=O)N1CCC[C@H]1C[C@@H](C)C(=O)NCCc1ccccc1)OC)N(C)C(=O)CNC(=O)[C@H](C(C)C)N(C)C(=O)OCc1ccc(NC(=O)[C@H](CCCNC(N)=O)NC(=O)CNC(=O)COCC(=O)NCCOCCN/C=C(\N)CNC(=O)CCCC#Cc2cnc(SC)nc2)cc1. The Bertz CT molecular complexity index is 3320. The van der Waals surface area contributed by atoms with Crippen LogP contribution in [0.1, 0.15) is 116 Å². The van der Waals surface area contributed by atoms with E-state index in [4.69, 9.17) is 30.4 Å². The maximum absolute atomic E-state index is 14.1.